The van der Waals surface area contributed by atoms with Gasteiger partial charge in [0, 0.05) is 27.2 Å². The van der Waals surface area contributed by atoms with Crippen molar-refractivity contribution in [2.75, 3.05) is 0 Å². The van der Waals surface area contributed by atoms with Gasteiger partial charge in [-0.15, -0.1) is 11.3 Å². The Bertz CT molecular complexity index is 1040. The van der Waals surface area contributed by atoms with Crippen molar-refractivity contribution in [3.8, 4) is 0 Å². The number of fused-ring (bicyclic) bond motifs is 1. The molecule has 2 aromatic carbocycles. The summed E-state index contributed by atoms with van der Waals surface area (Å²) in [7, 11) is 0. The number of hydrogen-bond acceptors (Lipinski definition) is 4. The maximum Gasteiger partial charge on any atom is 0.252 e. The Kier molecular flexibility index (Phi) is 5.35. The van der Waals surface area contributed by atoms with Crippen LogP contribution in [0, 0.1) is 0 Å². The van der Waals surface area contributed by atoms with Crippen LogP contribution in [0.2, 0.25) is 10.0 Å². The maximum absolute atomic E-state index is 13.2. The van der Waals surface area contributed by atoms with E-state index < -0.39 is 12.0 Å². The molecule has 8 heteroatoms. The van der Waals surface area contributed by atoms with Gasteiger partial charge in [0.05, 0.1) is 18.5 Å². The van der Waals surface area contributed by atoms with Crippen molar-refractivity contribution in [1.29, 1.82) is 0 Å². The van der Waals surface area contributed by atoms with Crippen molar-refractivity contribution >= 4 is 46.4 Å². The summed E-state index contributed by atoms with van der Waals surface area (Å²) in [4.78, 5) is 30.0. The number of hydrogen-bond donors (Lipinski definition) is 2. The molecular formula is C20H15Cl2N3O2S. The summed E-state index contributed by atoms with van der Waals surface area (Å²) in [6.45, 7) is 0.324. The van der Waals surface area contributed by atoms with E-state index in [-0.39, 0.29) is 11.8 Å². The molecule has 28 heavy (non-hydrogen) atoms. The number of nitrogens with one attached hydrogen (secondary N) is 2. The van der Waals surface area contributed by atoms with Gasteiger partial charge in [-0.05, 0) is 29.3 Å². The summed E-state index contributed by atoms with van der Waals surface area (Å²) < 4.78 is 0. The quantitative estimate of drug-likeness (QED) is 0.645. The molecule has 2 N–H and O–H groups in total. The molecule has 5 nitrogen and oxygen atoms in total. The summed E-state index contributed by atoms with van der Waals surface area (Å²) in [5, 5.41) is 9.41. The van der Waals surface area contributed by atoms with E-state index in [1.807, 2.05) is 11.4 Å². The van der Waals surface area contributed by atoms with Crippen molar-refractivity contribution in [2.45, 2.75) is 18.5 Å². The fraction of sp³-hybridized carbons (Fsp3) is 0.150. The minimum Gasteiger partial charge on any atom is -0.349 e. The first kappa shape index (κ1) is 18.9. The lowest BCUT2D eigenvalue weighted by atomic mass is 9.80. The van der Waals surface area contributed by atoms with Gasteiger partial charge in [0.25, 0.3) is 5.91 Å². The van der Waals surface area contributed by atoms with Crippen molar-refractivity contribution in [2.24, 2.45) is 0 Å². The Balaban J connectivity index is 1.73. The summed E-state index contributed by atoms with van der Waals surface area (Å²) in [5.41, 5.74) is 1.79. The van der Waals surface area contributed by atoms with E-state index in [1.54, 1.807) is 42.6 Å². The molecule has 0 spiro atoms. The molecule has 3 aromatic rings. The molecule has 2 amide bonds. The van der Waals surface area contributed by atoms with Gasteiger partial charge in [0.15, 0.2) is 0 Å². The van der Waals surface area contributed by atoms with Crippen LogP contribution in [0.25, 0.3) is 0 Å². The molecule has 4 rings (SSSR count). The number of halogens is 2. The summed E-state index contributed by atoms with van der Waals surface area (Å²) in [6, 6.07) is 11.5. The second kappa shape index (κ2) is 7.91. The number of benzene rings is 2. The van der Waals surface area contributed by atoms with Crippen molar-refractivity contribution in [3.63, 3.8) is 0 Å². The normalized spacial score (nSPS) is 18.3. The molecular weight excluding hydrogens is 417 g/mol. The van der Waals surface area contributed by atoms with Crippen LogP contribution in [-0.2, 0) is 11.3 Å². The molecule has 2 heterocycles. The highest BCUT2D eigenvalue weighted by molar-refractivity contribution is 7.09. The zero-order valence-corrected chi connectivity index (χ0v) is 16.8. The smallest absolute Gasteiger partial charge is 0.252 e. The second-order valence-corrected chi connectivity index (χ2v) is 8.15. The Morgan fingerprint density at radius 3 is 2.75 bits per heavy atom. The number of aromatic nitrogens is 1. The third-order valence-corrected chi connectivity index (χ3v) is 5.98. The SMILES string of the molecule is O=C1N[C@@H](c2ccc(Cl)cc2Cl)[C@H](C(=O)NCc2nccs2)c2ccccc21. The standard InChI is InChI=1S/C20H15Cl2N3O2S/c21-11-5-6-14(15(22)9-11)18-17(20(27)24-10-16-23-7-8-28-16)12-3-1-2-4-13(12)19(26)25-18/h1-9,17-18H,10H2,(H,24,27)(H,25,26)/t17-,18+/m1/s1. The van der Waals surface area contributed by atoms with Crippen molar-refractivity contribution in [1.82, 2.24) is 15.6 Å². The molecule has 0 saturated heterocycles. The first-order valence-corrected chi connectivity index (χ1v) is 10.2. The summed E-state index contributed by atoms with van der Waals surface area (Å²) in [5.74, 6) is -1.08. The number of amides is 2. The van der Waals surface area contributed by atoms with E-state index in [9.17, 15) is 9.59 Å². The molecule has 0 fully saturated rings. The number of nitrogens with zero attached hydrogens (tertiary/aromatic N) is 1. The van der Waals surface area contributed by atoms with Crippen molar-refractivity contribution in [3.05, 3.63) is 85.8 Å². The highest BCUT2D eigenvalue weighted by Crippen LogP contribution is 2.40. The molecule has 1 aromatic heterocycles. The minimum absolute atomic E-state index is 0.210. The third kappa shape index (κ3) is 3.63. The van der Waals surface area contributed by atoms with E-state index in [1.165, 1.54) is 11.3 Å². The number of carbonyl (C=O) groups excluding carboxylic acids is 2. The van der Waals surface area contributed by atoms with E-state index in [0.29, 0.717) is 33.3 Å². The van der Waals surface area contributed by atoms with Gasteiger partial charge in [-0.3, -0.25) is 9.59 Å². The molecule has 0 aliphatic carbocycles. The maximum atomic E-state index is 13.2. The Hall–Kier alpha value is -2.41. The molecule has 2 atom stereocenters. The zero-order valence-electron chi connectivity index (χ0n) is 14.5. The lowest BCUT2D eigenvalue weighted by Gasteiger charge is -2.34. The zero-order chi connectivity index (χ0) is 19.7. The Morgan fingerprint density at radius 2 is 2.00 bits per heavy atom. The monoisotopic (exact) mass is 431 g/mol. The Labute approximate surface area is 175 Å². The van der Waals surface area contributed by atoms with E-state index >= 15 is 0 Å². The fourth-order valence-corrected chi connectivity index (χ4v) is 4.46. The molecule has 0 radical (unpaired) electrons. The first-order chi connectivity index (χ1) is 13.5. The van der Waals surface area contributed by atoms with Crippen LogP contribution >= 0.6 is 34.5 Å². The van der Waals surface area contributed by atoms with Gasteiger partial charge in [-0.2, -0.15) is 0 Å². The molecule has 0 bridgehead atoms. The van der Waals surface area contributed by atoms with Crippen LogP contribution in [0.3, 0.4) is 0 Å². The average molecular weight is 432 g/mol. The highest BCUT2D eigenvalue weighted by Gasteiger charge is 2.39. The van der Waals surface area contributed by atoms with Gasteiger partial charge in [-0.1, -0.05) is 47.5 Å². The number of carbonyl (C=O) groups is 2. The predicted octanol–water partition coefficient (Wildman–Crippen LogP) is 4.33. The lowest BCUT2D eigenvalue weighted by molar-refractivity contribution is -0.123. The molecule has 0 unspecified atom stereocenters. The summed E-state index contributed by atoms with van der Waals surface area (Å²) in [6.07, 6.45) is 1.69. The molecule has 1 aliphatic heterocycles. The van der Waals surface area contributed by atoms with Crippen LogP contribution in [0.1, 0.15) is 38.5 Å². The third-order valence-electron chi connectivity index (χ3n) is 4.64. The van der Waals surface area contributed by atoms with Gasteiger partial charge < -0.3 is 10.6 Å². The van der Waals surface area contributed by atoms with E-state index in [2.05, 4.69) is 15.6 Å². The van der Waals surface area contributed by atoms with E-state index in [4.69, 9.17) is 23.2 Å². The summed E-state index contributed by atoms with van der Waals surface area (Å²) >= 11 is 13.9. The minimum atomic E-state index is -0.632. The topological polar surface area (TPSA) is 71.1 Å². The largest absolute Gasteiger partial charge is 0.349 e. The van der Waals surface area contributed by atoms with Crippen LogP contribution in [0.5, 0.6) is 0 Å². The average Bonchev–Trinajstić information content (AvgIpc) is 3.20. The number of rotatable bonds is 4. The number of thiazole rings is 1. The first-order valence-electron chi connectivity index (χ1n) is 8.55. The fourth-order valence-electron chi connectivity index (χ4n) is 3.37. The van der Waals surface area contributed by atoms with Crippen LogP contribution in [-0.4, -0.2) is 16.8 Å². The molecule has 1 aliphatic rings. The van der Waals surface area contributed by atoms with Crippen molar-refractivity contribution < 1.29 is 9.59 Å². The van der Waals surface area contributed by atoms with Gasteiger partial charge >= 0.3 is 0 Å². The van der Waals surface area contributed by atoms with Crippen LogP contribution < -0.4 is 10.6 Å². The molecule has 142 valence electrons. The van der Waals surface area contributed by atoms with Crippen LogP contribution in [0.15, 0.2) is 54.0 Å². The van der Waals surface area contributed by atoms with Crippen LogP contribution in [0.4, 0.5) is 0 Å². The lowest BCUT2D eigenvalue weighted by Crippen LogP contribution is -2.44. The second-order valence-electron chi connectivity index (χ2n) is 6.33. The van der Waals surface area contributed by atoms with E-state index in [0.717, 1.165) is 5.01 Å². The molecule has 0 saturated carbocycles. The van der Waals surface area contributed by atoms with Gasteiger partial charge in [0.1, 0.15) is 5.01 Å². The van der Waals surface area contributed by atoms with Gasteiger partial charge in [-0.25, -0.2) is 4.98 Å². The predicted molar refractivity (Wildman–Crippen MR) is 110 cm³/mol. The van der Waals surface area contributed by atoms with Gasteiger partial charge in [0.2, 0.25) is 5.91 Å². The highest BCUT2D eigenvalue weighted by atomic mass is 35.5. The Morgan fingerprint density at radius 1 is 1.18 bits per heavy atom.